The Morgan fingerprint density at radius 1 is 1.33 bits per heavy atom. The molecule has 18 heavy (non-hydrogen) atoms. The van der Waals surface area contributed by atoms with E-state index in [4.69, 9.17) is 5.26 Å². The van der Waals surface area contributed by atoms with E-state index in [-0.39, 0.29) is 11.5 Å². The van der Waals surface area contributed by atoms with Gasteiger partial charge in [0.25, 0.3) is 0 Å². The summed E-state index contributed by atoms with van der Waals surface area (Å²) < 4.78 is 22.7. The summed E-state index contributed by atoms with van der Waals surface area (Å²) in [6.07, 6.45) is 0. The number of sulfone groups is 1. The van der Waals surface area contributed by atoms with Crippen molar-refractivity contribution in [3.63, 3.8) is 0 Å². The SMILES string of the molecule is Cc1cc(C#N)ccc1CN1CCS(=O)(=O)CC1. The smallest absolute Gasteiger partial charge is 0.152 e. The molecule has 0 saturated carbocycles. The second-order valence-electron chi connectivity index (χ2n) is 4.68. The van der Waals surface area contributed by atoms with E-state index in [1.54, 1.807) is 0 Å². The zero-order chi connectivity index (χ0) is 13.2. The Morgan fingerprint density at radius 2 is 2.00 bits per heavy atom. The minimum absolute atomic E-state index is 0.252. The summed E-state index contributed by atoms with van der Waals surface area (Å²) >= 11 is 0. The lowest BCUT2D eigenvalue weighted by atomic mass is 10.1. The Balaban J connectivity index is 2.05. The van der Waals surface area contributed by atoms with E-state index in [2.05, 4.69) is 11.0 Å². The van der Waals surface area contributed by atoms with Crippen LogP contribution in [0.1, 0.15) is 16.7 Å². The molecule has 0 radical (unpaired) electrons. The molecule has 0 aromatic heterocycles. The zero-order valence-electron chi connectivity index (χ0n) is 10.4. The predicted octanol–water partition coefficient (Wildman–Crippen LogP) is 1.10. The fraction of sp³-hybridized carbons (Fsp3) is 0.462. The van der Waals surface area contributed by atoms with Gasteiger partial charge < -0.3 is 0 Å². The molecule has 0 bridgehead atoms. The molecular formula is C13H16N2O2S. The molecule has 0 N–H and O–H groups in total. The summed E-state index contributed by atoms with van der Waals surface area (Å²) in [5, 5.41) is 8.80. The highest BCUT2D eigenvalue weighted by Gasteiger charge is 2.21. The molecule has 1 aromatic carbocycles. The third-order valence-corrected chi connectivity index (χ3v) is 4.91. The number of nitriles is 1. The van der Waals surface area contributed by atoms with Gasteiger partial charge in [-0.1, -0.05) is 6.07 Å². The first-order chi connectivity index (χ1) is 8.50. The molecule has 4 nitrogen and oxygen atoms in total. The van der Waals surface area contributed by atoms with Crippen LogP contribution in [0.15, 0.2) is 18.2 Å². The maximum Gasteiger partial charge on any atom is 0.152 e. The molecule has 0 amide bonds. The Labute approximate surface area is 108 Å². The van der Waals surface area contributed by atoms with Gasteiger partial charge in [0, 0.05) is 19.6 Å². The van der Waals surface area contributed by atoms with Gasteiger partial charge in [-0.15, -0.1) is 0 Å². The molecule has 1 fully saturated rings. The van der Waals surface area contributed by atoms with Gasteiger partial charge in [0.05, 0.1) is 23.1 Å². The van der Waals surface area contributed by atoms with E-state index < -0.39 is 9.84 Å². The molecule has 0 aliphatic carbocycles. The number of benzene rings is 1. The van der Waals surface area contributed by atoms with Crippen LogP contribution >= 0.6 is 0 Å². The van der Waals surface area contributed by atoms with Crippen LogP contribution in [0.25, 0.3) is 0 Å². The fourth-order valence-electron chi connectivity index (χ4n) is 2.09. The van der Waals surface area contributed by atoms with Gasteiger partial charge in [-0.25, -0.2) is 8.42 Å². The van der Waals surface area contributed by atoms with Crippen molar-refractivity contribution < 1.29 is 8.42 Å². The van der Waals surface area contributed by atoms with Crippen molar-refractivity contribution in [2.24, 2.45) is 0 Å². The number of nitrogens with zero attached hydrogens (tertiary/aromatic N) is 2. The van der Waals surface area contributed by atoms with Crippen molar-refractivity contribution in [2.45, 2.75) is 13.5 Å². The third-order valence-electron chi connectivity index (χ3n) is 3.30. The summed E-state index contributed by atoms with van der Waals surface area (Å²) in [6, 6.07) is 7.75. The zero-order valence-corrected chi connectivity index (χ0v) is 11.2. The molecule has 0 unspecified atom stereocenters. The molecule has 5 heteroatoms. The van der Waals surface area contributed by atoms with Gasteiger partial charge in [-0.2, -0.15) is 5.26 Å². The lowest BCUT2D eigenvalue weighted by molar-refractivity contribution is 0.287. The summed E-state index contributed by atoms with van der Waals surface area (Å²) in [6.45, 7) is 3.94. The number of hydrogen-bond acceptors (Lipinski definition) is 4. The average Bonchev–Trinajstić information content (AvgIpc) is 2.34. The van der Waals surface area contributed by atoms with Gasteiger partial charge in [0.2, 0.25) is 0 Å². The normalized spacial score (nSPS) is 19.3. The standard InChI is InChI=1S/C13H16N2O2S/c1-11-8-12(9-14)2-3-13(11)10-15-4-6-18(16,17)7-5-15/h2-3,8H,4-7,10H2,1H3. The summed E-state index contributed by atoms with van der Waals surface area (Å²) in [5.41, 5.74) is 2.91. The fourth-order valence-corrected chi connectivity index (χ4v) is 3.37. The lowest BCUT2D eigenvalue weighted by Gasteiger charge is -2.27. The van der Waals surface area contributed by atoms with E-state index in [0.717, 1.165) is 17.7 Å². The highest BCUT2D eigenvalue weighted by Crippen LogP contribution is 2.15. The van der Waals surface area contributed by atoms with Crippen molar-refractivity contribution in [3.8, 4) is 6.07 Å². The van der Waals surface area contributed by atoms with E-state index in [1.807, 2.05) is 25.1 Å². The minimum Gasteiger partial charge on any atom is -0.297 e. The van der Waals surface area contributed by atoms with Crippen molar-refractivity contribution >= 4 is 9.84 Å². The second-order valence-corrected chi connectivity index (χ2v) is 6.98. The summed E-state index contributed by atoms with van der Waals surface area (Å²) in [5.74, 6) is 0.505. The Kier molecular flexibility index (Phi) is 3.69. The van der Waals surface area contributed by atoms with Crippen molar-refractivity contribution in [2.75, 3.05) is 24.6 Å². The summed E-state index contributed by atoms with van der Waals surface area (Å²) in [7, 11) is -2.81. The lowest BCUT2D eigenvalue weighted by Crippen LogP contribution is -2.39. The van der Waals surface area contributed by atoms with Gasteiger partial charge in [0.1, 0.15) is 0 Å². The van der Waals surface area contributed by atoms with Crippen LogP contribution in [0.2, 0.25) is 0 Å². The molecule has 1 saturated heterocycles. The topological polar surface area (TPSA) is 61.2 Å². The van der Waals surface area contributed by atoms with Gasteiger partial charge >= 0.3 is 0 Å². The van der Waals surface area contributed by atoms with Crippen molar-refractivity contribution in [1.29, 1.82) is 5.26 Å². The van der Waals surface area contributed by atoms with E-state index >= 15 is 0 Å². The molecule has 0 spiro atoms. The molecule has 0 atom stereocenters. The first kappa shape index (κ1) is 13.1. The number of hydrogen-bond donors (Lipinski definition) is 0. The Morgan fingerprint density at radius 3 is 2.56 bits per heavy atom. The number of rotatable bonds is 2. The average molecular weight is 264 g/mol. The van der Waals surface area contributed by atoms with Crippen LogP contribution in [0.4, 0.5) is 0 Å². The van der Waals surface area contributed by atoms with Gasteiger partial charge in [-0.3, -0.25) is 4.90 Å². The molecular weight excluding hydrogens is 248 g/mol. The highest BCUT2D eigenvalue weighted by atomic mass is 32.2. The van der Waals surface area contributed by atoms with E-state index in [9.17, 15) is 8.42 Å². The maximum atomic E-state index is 11.3. The maximum absolute atomic E-state index is 11.3. The molecule has 2 rings (SSSR count). The molecule has 1 heterocycles. The van der Waals surface area contributed by atoms with E-state index in [0.29, 0.717) is 18.7 Å². The first-order valence-corrected chi connectivity index (χ1v) is 7.75. The van der Waals surface area contributed by atoms with Gasteiger partial charge in [-0.05, 0) is 30.2 Å². The second kappa shape index (κ2) is 5.09. The first-order valence-electron chi connectivity index (χ1n) is 5.92. The van der Waals surface area contributed by atoms with Crippen LogP contribution in [-0.2, 0) is 16.4 Å². The largest absolute Gasteiger partial charge is 0.297 e. The molecule has 96 valence electrons. The van der Waals surface area contributed by atoms with Crippen LogP contribution in [-0.4, -0.2) is 37.9 Å². The van der Waals surface area contributed by atoms with Crippen LogP contribution in [0.5, 0.6) is 0 Å². The van der Waals surface area contributed by atoms with Crippen molar-refractivity contribution in [3.05, 3.63) is 34.9 Å². The highest BCUT2D eigenvalue weighted by molar-refractivity contribution is 7.91. The van der Waals surface area contributed by atoms with Crippen LogP contribution in [0, 0.1) is 18.3 Å². The monoisotopic (exact) mass is 264 g/mol. The summed E-state index contributed by atoms with van der Waals surface area (Å²) in [4.78, 5) is 2.15. The van der Waals surface area contributed by atoms with Crippen molar-refractivity contribution in [1.82, 2.24) is 4.90 Å². The predicted molar refractivity (Wildman–Crippen MR) is 69.8 cm³/mol. The molecule has 1 aliphatic rings. The minimum atomic E-state index is -2.81. The Bertz CT molecular complexity index is 573. The molecule has 1 aliphatic heterocycles. The molecule has 1 aromatic rings. The Hall–Kier alpha value is -1.38. The number of aryl methyl sites for hydroxylation is 1. The third kappa shape index (κ3) is 3.09. The van der Waals surface area contributed by atoms with E-state index in [1.165, 1.54) is 0 Å². The quantitative estimate of drug-likeness (QED) is 0.802. The van der Waals surface area contributed by atoms with Gasteiger partial charge in [0.15, 0.2) is 9.84 Å². The van der Waals surface area contributed by atoms with Crippen LogP contribution < -0.4 is 0 Å². The van der Waals surface area contributed by atoms with Crippen LogP contribution in [0.3, 0.4) is 0 Å².